The summed E-state index contributed by atoms with van der Waals surface area (Å²) < 4.78 is 26.8. The van der Waals surface area contributed by atoms with E-state index in [4.69, 9.17) is 39.1 Å². The van der Waals surface area contributed by atoms with Crippen molar-refractivity contribution in [3.05, 3.63) is 102 Å². The zero-order valence-corrected chi connectivity index (χ0v) is 22.9. The summed E-state index contributed by atoms with van der Waals surface area (Å²) in [5.74, 6) is 3.15. The predicted molar refractivity (Wildman–Crippen MR) is 152 cm³/mol. The Morgan fingerprint density at radius 1 is 0.780 bits per heavy atom. The van der Waals surface area contributed by atoms with Crippen LogP contribution < -0.4 is 18.9 Å². The van der Waals surface area contributed by atoms with E-state index in [-0.39, 0.29) is 5.92 Å². The fourth-order valence-corrected chi connectivity index (χ4v) is 5.43. The van der Waals surface area contributed by atoms with E-state index in [1.807, 2.05) is 84.4 Å². The Kier molecular flexibility index (Phi) is 5.81. The maximum Gasteiger partial charge on any atom is 0.230 e. The minimum Gasteiger partial charge on any atom is -0.496 e. The SMILES string of the molecule is COc1ccc([C@H]2c3c(C)nn(-c4ccccc4)c3Oc3ncn4nc(-c5ccccc5OC)nc4c32)cc1OC. The van der Waals surface area contributed by atoms with Crippen molar-refractivity contribution in [1.29, 1.82) is 0 Å². The molecule has 0 spiro atoms. The maximum atomic E-state index is 6.53. The summed E-state index contributed by atoms with van der Waals surface area (Å²) in [6.45, 7) is 1.98. The summed E-state index contributed by atoms with van der Waals surface area (Å²) in [5, 5.41) is 9.66. The molecule has 0 fully saturated rings. The van der Waals surface area contributed by atoms with E-state index in [1.54, 1.807) is 32.2 Å². The van der Waals surface area contributed by atoms with Gasteiger partial charge < -0.3 is 18.9 Å². The van der Waals surface area contributed by atoms with Gasteiger partial charge in [-0.15, -0.1) is 5.10 Å². The van der Waals surface area contributed by atoms with Crippen LogP contribution in [0.2, 0.25) is 0 Å². The van der Waals surface area contributed by atoms with E-state index in [1.165, 1.54) is 0 Å². The lowest BCUT2D eigenvalue weighted by Crippen LogP contribution is -2.16. The highest BCUT2D eigenvalue weighted by molar-refractivity contribution is 5.71. The number of aryl methyl sites for hydroxylation is 1. The van der Waals surface area contributed by atoms with Crippen molar-refractivity contribution in [3.63, 3.8) is 0 Å². The summed E-state index contributed by atoms with van der Waals surface area (Å²) in [7, 11) is 4.88. The summed E-state index contributed by atoms with van der Waals surface area (Å²) in [6, 6.07) is 23.5. The second-order valence-corrected chi connectivity index (χ2v) is 9.57. The van der Waals surface area contributed by atoms with Crippen molar-refractivity contribution < 1.29 is 18.9 Å². The van der Waals surface area contributed by atoms with Crippen LogP contribution in [0.5, 0.6) is 29.0 Å². The lowest BCUT2D eigenvalue weighted by atomic mass is 9.84. The number of aromatic nitrogens is 6. The number of rotatable bonds is 6. The van der Waals surface area contributed by atoms with E-state index < -0.39 is 0 Å². The first kappa shape index (κ1) is 24.6. The molecule has 0 N–H and O–H groups in total. The van der Waals surface area contributed by atoms with Crippen LogP contribution in [0.15, 0.2) is 79.1 Å². The molecule has 6 aromatic rings. The minimum atomic E-state index is -0.336. The molecule has 3 aromatic heterocycles. The molecule has 1 aliphatic heterocycles. The number of ether oxygens (including phenoxy) is 4. The number of benzene rings is 3. The number of hydrogen-bond acceptors (Lipinski definition) is 8. The maximum absolute atomic E-state index is 6.53. The molecule has 0 saturated carbocycles. The summed E-state index contributed by atoms with van der Waals surface area (Å²) >= 11 is 0. The quantitative estimate of drug-likeness (QED) is 0.266. The standard InChI is InChI=1S/C31H26N6O4/c1-18-25-26(19-14-15-23(39-3)24(16-19)40-4)27-29-33-28(21-12-8-9-13-22(21)38-2)35-36(29)17-32-30(27)41-31(25)37(34-18)20-10-6-5-7-11-20/h5-17,26H,1-4H3/t26-/m0/s1. The number of para-hydroxylation sites is 2. The van der Waals surface area contributed by atoms with E-state index in [0.29, 0.717) is 40.5 Å². The minimum absolute atomic E-state index is 0.336. The van der Waals surface area contributed by atoms with Crippen LogP contribution in [-0.4, -0.2) is 50.7 Å². The van der Waals surface area contributed by atoms with Gasteiger partial charge in [-0.1, -0.05) is 36.4 Å². The Hall–Kier alpha value is -5.38. The van der Waals surface area contributed by atoms with Gasteiger partial charge in [0.15, 0.2) is 23.0 Å². The van der Waals surface area contributed by atoms with Crippen LogP contribution >= 0.6 is 0 Å². The van der Waals surface area contributed by atoms with Gasteiger partial charge >= 0.3 is 0 Å². The first-order valence-electron chi connectivity index (χ1n) is 13.0. The van der Waals surface area contributed by atoms with E-state index in [9.17, 15) is 0 Å². The Morgan fingerprint density at radius 2 is 1.54 bits per heavy atom. The average Bonchev–Trinajstić information content (AvgIpc) is 3.61. The molecule has 3 aromatic carbocycles. The third-order valence-corrected chi connectivity index (χ3v) is 7.31. The van der Waals surface area contributed by atoms with Gasteiger partial charge in [-0.2, -0.15) is 5.10 Å². The molecule has 0 amide bonds. The van der Waals surface area contributed by atoms with Gasteiger partial charge in [0.1, 0.15) is 12.1 Å². The summed E-state index contributed by atoms with van der Waals surface area (Å²) in [5.41, 5.74) is 5.73. The first-order valence-corrected chi connectivity index (χ1v) is 13.0. The van der Waals surface area contributed by atoms with Crippen LogP contribution in [0.4, 0.5) is 0 Å². The Bertz CT molecular complexity index is 1910. The number of methoxy groups -OCH3 is 3. The average molecular weight is 547 g/mol. The lowest BCUT2D eigenvalue weighted by Gasteiger charge is -2.26. The number of nitrogens with zero attached hydrogens (tertiary/aromatic N) is 6. The number of fused-ring (bicyclic) bond motifs is 4. The second kappa shape index (κ2) is 9.67. The van der Waals surface area contributed by atoms with Crippen LogP contribution in [0, 0.1) is 6.92 Å². The lowest BCUT2D eigenvalue weighted by molar-refractivity contribution is 0.354. The molecular weight excluding hydrogens is 520 g/mol. The van der Waals surface area contributed by atoms with Crippen molar-refractivity contribution in [1.82, 2.24) is 29.4 Å². The zero-order chi connectivity index (χ0) is 28.1. The van der Waals surface area contributed by atoms with E-state index >= 15 is 0 Å². The van der Waals surface area contributed by atoms with Gasteiger partial charge in [0.25, 0.3) is 0 Å². The first-order chi connectivity index (χ1) is 20.1. The van der Waals surface area contributed by atoms with Crippen LogP contribution in [-0.2, 0) is 0 Å². The van der Waals surface area contributed by atoms with Crippen LogP contribution in [0.1, 0.15) is 28.3 Å². The fourth-order valence-electron chi connectivity index (χ4n) is 5.43. The molecule has 1 atom stereocenters. The molecule has 10 nitrogen and oxygen atoms in total. The normalized spacial score (nSPS) is 13.8. The molecule has 1 aliphatic rings. The molecule has 0 unspecified atom stereocenters. The van der Waals surface area contributed by atoms with Gasteiger partial charge in [0, 0.05) is 0 Å². The molecule has 7 rings (SSSR count). The Morgan fingerprint density at radius 3 is 2.32 bits per heavy atom. The van der Waals surface area contributed by atoms with Crippen molar-refractivity contribution in [2.45, 2.75) is 12.8 Å². The molecule has 0 aliphatic carbocycles. The van der Waals surface area contributed by atoms with Gasteiger partial charge in [0.05, 0.1) is 55.3 Å². The zero-order valence-electron chi connectivity index (χ0n) is 22.9. The van der Waals surface area contributed by atoms with E-state index in [2.05, 4.69) is 0 Å². The molecule has 0 saturated heterocycles. The second-order valence-electron chi connectivity index (χ2n) is 9.57. The molecule has 10 heteroatoms. The molecular formula is C31H26N6O4. The highest BCUT2D eigenvalue weighted by Crippen LogP contribution is 2.50. The van der Waals surface area contributed by atoms with E-state index in [0.717, 1.165) is 33.6 Å². The fraction of sp³-hybridized carbons (Fsp3) is 0.161. The van der Waals surface area contributed by atoms with Crippen molar-refractivity contribution >= 4 is 5.65 Å². The summed E-state index contributed by atoms with van der Waals surface area (Å²) in [6.07, 6.45) is 1.62. The van der Waals surface area contributed by atoms with Crippen LogP contribution in [0.3, 0.4) is 0 Å². The van der Waals surface area contributed by atoms with Crippen molar-refractivity contribution in [2.75, 3.05) is 21.3 Å². The van der Waals surface area contributed by atoms with Gasteiger partial charge in [-0.3, -0.25) is 0 Å². The Balaban J connectivity index is 1.50. The molecule has 0 bridgehead atoms. The highest BCUT2D eigenvalue weighted by atomic mass is 16.5. The van der Waals surface area contributed by atoms with Crippen molar-refractivity contribution in [2.24, 2.45) is 0 Å². The largest absolute Gasteiger partial charge is 0.496 e. The van der Waals surface area contributed by atoms with Gasteiger partial charge in [-0.05, 0) is 48.9 Å². The molecule has 41 heavy (non-hydrogen) atoms. The summed E-state index contributed by atoms with van der Waals surface area (Å²) in [4.78, 5) is 9.70. The van der Waals surface area contributed by atoms with Crippen molar-refractivity contribution in [3.8, 4) is 46.1 Å². The third kappa shape index (κ3) is 3.87. The predicted octanol–water partition coefficient (Wildman–Crippen LogP) is 5.60. The molecule has 204 valence electrons. The van der Waals surface area contributed by atoms with Gasteiger partial charge in [-0.25, -0.2) is 19.2 Å². The molecule has 0 radical (unpaired) electrons. The van der Waals surface area contributed by atoms with Crippen LogP contribution in [0.25, 0.3) is 22.7 Å². The number of hydrogen-bond donors (Lipinski definition) is 0. The molecule has 4 heterocycles. The van der Waals surface area contributed by atoms with Gasteiger partial charge in [0.2, 0.25) is 11.8 Å². The smallest absolute Gasteiger partial charge is 0.230 e. The topological polar surface area (TPSA) is 97.8 Å². The monoisotopic (exact) mass is 546 g/mol. The third-order valence-electron chi connectivity index (χ3n) is 7.31. The Labute approximate surface area is 235 Å². The highest BCUT2D eigenvalue weighted by Gasteiger charge is 2.38.